The maximum atomic E-state index is 13.2. The number of likely N-dealkylation sites (tertiary alicyclic amines) is 1. The van der Waals surface area contributed by atoms with Crippen molar-refractivity contribution < 1.29 is 14.4 Å². The summed E-state index contributed by atoms with van der Waals surface area (Å²) in [6.45, 7) is 2.17. The molecule has 0 aliphatic carbocycles. The number of anilines is 2. The molecule has 0 radical (unpaired) electrons. The van der Waals surface area contributed by atoms with Gasteiger partial charge in [0, 0.05) is 69.7 Å². The van der Waals surface area contributed by atoms with E-state index in [0.717, 1.165) is 48.0 Å². The summed E-state index contributed by atoms with van der Waals surface area (Å²) in [6, 6.07) is 20.5. The number of fused-ring (bicyclic) bond motifs is 1. The van der Waals surface area contributed by atoms with E-state index in [4.69, 9.17) is 5.41 Å². The monoisotopic (exact) mass is 656 g/mol. The third-order valence-corrected chi connectivity index (χ3v) is 8.63. The standard InChI is InChI=1S/C38H40N8O3/c1-44-25-31(21-33(44)37(48)40-17-16-35(39)46-18-6-3-7-19-46)43-38(49)34-22-30(24-45(34)2)42-36(47)28-14-12-26(13-15-28)10-11-27-20-29-8-4-5-9-32(29)41-23-27/h4-5,8-15,20-25,39H,3,6-7,16-19H2,1-2H3,(H,40,48)(H,42,47)(H,43,49)/b11-10+,39-35?. The van der Waals surface area contributed by atoms with Crippen LogP contribution in [0.2, 0.25) is 0 Å². The number of para-hydroxylation sites is 1. The number of hydrogen-bond acceptors (Lipinski definition) is 5. The summed E-state index contributed by atoms with van der Waals surface area (Å²) in [4.78, 5) is 45.6. The number of rotatable bonds is 10. The molecule has 4 heterocycles. The lowest BCUT2D eigenvalue weighted by Crippen LogP contribution is -2.37. The maximum absolute atomic E-state index is 13.2. The second-order valence-corrected chi connectivity index (χ2v) is 12.3. The molecule has 4 N–H and O–H groups in total. The van der Waals surface area contributed by atoms with Crippen LogP contribution in [0.4, 0.5) is 11.4 Å². The summed E-state index contributed by atoms with van der Waals surface area (Å²) in [6.07, 6.45) is 13.0. The highest BCUT2D eigenvalue weighted by atomic mass is 16.2. The molecule has 2 aromatic carbocycles. The molecule has 0 bridgehead atoms. The lowest BCUT2D eigenvalue weighted by Gasteiger charge is -2.29. The number of amides is 3. The smallest absolute Gasteiger partial charge is 0.272 e. The zero-order valence-corrected chi connectivity index (χ0v) is 27.7. The predicted molar refractivity (Wildman–Crippen MR) is 194 cm³/mol. The van der Waals surface area contributed by atoms with Gasteiger partial charge in [0.05, 0.1) is 22.7 Å². The van der Waals surface area contributed by atoms with Gasteiger partial charge in [0.25, 0.3) is 17.7 Å². The van der Waals surface area contributed by atoms with Crippen molar-refractivity contribution in [3.8, 4) is 0 Å². The van der Waals surface area contributed by atoms with Crippen molar-refractivity contribution >= 4 is 58.0 Å². The fourth-order valence-corrected chi connectivity index (χ4v) is 5.94. The minimum atomic E-state index is -0.381. The van der Waals surface area contributed by atoms with Crippen LogP contribution in [-0.4, -0.2) is 62.2 Å². The van der Waals surface area contributed by atoms with E-state index in [1.165, 1.54) is 6.42 Å². The Morgan fingerprint density at radius 1 is 0.776 bits per heavy atom. The first-order valence-corrected chi connectivity index (χ1v) is 16.4. The Labute approximate surface area is 285 Å². The first kappa shape index (κ1) is 33.0. The SMILES string of the molecule is Cn1cc(NC(=O)c2cc(NC(=O)c3ccc(/C=C/c4cnc5ccccc5c4)cc3)cn2C)cc1C(=O)NCCC(=N)N1CCCCC1. The van der Waals surface area contributed by atoms with E-state index >= 15 is 0 Å². The van der Waals surface area contributed by atoms with Crippen LogP contribution in [0.5, 0.6) is 0 Å². The number of hydrogen-bond donors (Lipinski definition) is 4. The molecule has 11 nitrogen and oxygen atoms in total. The lowest BCUT2D eigenvalue weighted by molar-refractivity contribution is 0.0944. The van der Waals surface area contributed by atoms with Crippen molar-refractivity contribution in [3.63, 3.8) is 0 Å². The van der Waals surface area contributed by atoms with Gasteiger partial charge in [0.1, 0.15) is 11.4 Å². The highest BCUT2D eigenvalue weighted by molar-refractivity contribution is 6.07. The molecule has 250 valence electrons. The van der Waals surface area contributed by atoms with Crippen LogP contribution in [0.15, 0.2) is 85.3 Å². The summed E-state index contributed by atoms with van der Waals surface area (Å²) in [5.41, 5.74) is 5.04. The first-order chi connectivity index (χ1) is 23.7. The van der Waals surface area contributed by atoms with E-state index in [9.17, 15) is 14.4 Å². The van der Waals surface area contributed by atoms with Gasteiger partial charge in [-0.2, -0.15) is 0 Å². The van der Waals surface area contributed by atoms with Crippen LogP contribution in [0.1, 0.15) is 68.1 Å². The highest BCUT2D eigenvalue weighted by Crippen LogP contribution is 2.20. The predicted octanol–water partition coefficient (Wildman–Crippen LogP) is 6.17. The normalized spacial score (nSPS) is 13.1. The van der Waals surface area contributed by atoms with Gasteiger partial charge in [-0.3, -0.25) is 24.8 Å². The van der Waals surface area contributed by atoms with Gasteiger partial charge in [-0.05, 0) is 66.8 Å². The Morgan fingerprint density at radius 3 is 2.12 bits per heavy atom. The number of carbonyl (C=O) groups is 3. The van der Waals surface area contributed by atoms with Crippen LogP contribution >= 0.6 is 0 Å². The van der Waals surface area contributed by atoms with Gasteiger partial charge >= 0.3 is 0 Å². The van der Waals surface area contributed by atoms with Gasteiger partial charge in [-0.25, -0.2) is 0 Å². The third kappa shape index (κ3) is 8.13. The molecule has 0 saturated carbocycles. The molecule has 1 aliphatic rings. The molecule has 49 heavy (non-hydrogen) atoms. The summed E-state index contributed by atoms with van der Waals surface area (Å²) in [5, 5.41) is 18.0. The molecular formula is C38H40N8O3. The van der Waals surface area contributed by atoms with E-state index in [-0.39, 0.29) is 17.7 Å². The third-order valence-electron chi connectivity index (χ3n) is 8.63. The molecule has 3 aromatic heterocycles. The second kappa shape index (κ2) is 14.8. The van der Waals surface area contributed by atoms with E-state index in [1.807, 2.05) is 54.7 Å². The summed E-state index contributed by atoms with van der Waals surface area (Å²) < 4.78 is 3.29. The highest BCUT2D eigenvalue weighted by Gasteiger charge is 2.18. The molecule has 3 amide bonds. The van der Waals surface area contributed by atoms with Gasteiger partial charge in [0.2, 0.25) is 0 Å². The number of carbonyl (C=O) groups excluding carboxylic acids is 3. The van der Waals surface area contributed by atoms with Gasteiger partial charge in [-0.15, -0.1) is 0 Å². The van der Waals surface area contributed by atoms with Crippen molar-refractivity contribution in [2.45, 2.75) is 25.7 Å². The summed E-state index contributed by atoms with van der Waals surface area (Å²) in [5.74, 6) is -0.399. The molecule has 11 heteroatoms. The molecular weight excluding hydrogens is 616 g/mol. The van der Waals surface area contributed by atoms with Crippen LogP contribution in [0.25, 0.3) is 23.1 Å². The molecule has 0 unspecified atom stereocenters. The quantitative estimate of drug-likeness (QED) is 0.105. The Hall–Kier alpha value is -5.97. The minimum absolute atomic E-state index is 0.274. The number of piperidine rings is 1. The van der Waals surface area contributed by atoms with Gasteiger partial charge in [-0.1, -0.05) is 42.5 Å². The molecule has 5 aromatic rings. The van der Waals surface area contributed by atoms with Crippen LogP contribution in [0, 0.1) is 5.41 Å². The number of aryl methyl sites for hydroxylation is 2. The van der Waals surface area contributed by atoms with Crippen molar-refractivity contribution in [3.05, 3.63) is 113 Å². The molecule has 6 rings (SSSR count). The Kier molecular flexibility index (Phi) is 9.99. The zero-order chi connectivity index (χ0) is 34.3. The fourth-order valence-electron chi connectivity index (χ4n) is 5.94. The molecule has 1 saturated heterocycles. The number of amidine groups is 1. The topological polar surface area (TPSA) is 137 Å². The second-order valence-electron chi connectivity index (χ2n) is 12.3. The summed E-state index contributed by atoms with van der Waals surface area (Å²) in [7, 11) is 3.46. The van der Waals surface area contributed by atoms with Crippen LogP contribution in [-0.2, 0) is 14.1 Å². The van der Waals surface area contributed by atoms with Gasteiger partial charge < -0.3 is 30.0 Å². The summed E-state index contributed by atoms with van der Waals surface area (Å²) >= 11 is 0. The first-order valence-electron chi connectivity index (χ1n) is 16.4. The Morgan fingerprint density at radius 2 is 1.41 bits per heavy atom. The number of benzene rings is 2. The minimum Gasteiger partial charge on any atom is -0.361 e. The maximum Gasteiger partial charge on any atom is 0.272 e. The zero-order valence-electron chi connectivity index (χ0n) is 27.7. The Bertz CT molecular complexity index is 2030. The largest absolute Gasteiger partial charge is 0.361 e. The fraction of sp³-hybridized carbons (Fsp3) is 0.237. The van der Waals surface area contributed by atoms with Crippen molar-refractivity contribution in [1.82, 2.24) is 24.3 Å². The average molecular weight is 657 g/mol. The van der Waals surface area contributed by atoms with E-state index in [2.05, 4.69) is 31.9 Å². The van der Waals surface area contributed by atoms with Crippen molar-refractivity contribution in [2.75, 3.05) is 30.3 Å². The molecule has 0 spiro atoms. The molecule has 0 atom stereocenters. The molecule has 1 fully saturated rings. The van der Waals surface area contributed by atoms with Gasteiger partial charge in [0.15, 0.2) is 0 Å². The van der Waals surface area contributed by atoms with Crippen molar-refractivity contribution in [2.24, 2.45) is 14.1 Å². The molecule has 1 aliphatic heterocycles. The van der Waals surface area contributed by atoms with Crippen LogP contribution in [0.3, 0.4) is 0 Å². The van der Waals surface area contributed by atoms with Crippen molar-refractivity contribution in [1.29, 1.82) is 5.41 Å². The van der Waals surface area contributed by atoms with E-state index < -0.39 is 0 Å². The van der Waals surface area contributed by atoms with Crippen LogP contribution < -0.4 is 16.0 Å². The van der Waals surface area contributed by atoms with E-state index in [0.29, 0.717) is 47.1 Å². The number of pyridine rings is 1. The number of nitrogens with zero attached hydrogens (tertiary/aromatic N) is 4. The lowest BCUT2D eigenvalue weighted by atomic mass is 10.1. The number of aromatic nitrogens is 3. The number of nitrogens with one attached hydrogen (secondary N) is 4. The average Bonchev–Trinajstić information content (AvgIpc) is 3.68. The Balaban J connectivity index is 1.01. The van der Waals surface area contributed by atoms with E-state index in [1.54, 1.807) is 59.9 Å².